The molecule has 0 unspecified atom stereocenters. The van der Waals surface area contributed by atoms with Crippen LogP contribution in [0, 0.1) is 12.3 Å². The largest absolute Gasteiger partial charge is 0.268 e. The van der Waals surface area contributed by atoms with Crippen molar-refractivity contribution in [1.29, 1.82) is 0 Å². The topological polar surface area (TPSA) is 38.3 Å². The lowest BCUT2D eigenvalue weighted by atomic mass is 10.3. The van der Waals surface area contributed by atoms with Crippen LogP contribution in [-0.4, -0.2) is 12.5 Å². The number of terminal acetylenes is 1. The number of rotatable bonds is 3. The molecule has 60 valence electrons. The Labute approximate surface area is 66.4 Å². The predicted octanol–water partition coefficient (Wildman–Crippen LogP) is 0.634. The maximum Gasteiger partial charge on any atom is 0.267 e. The summed E-state index contributed by atoms with van der Waals surface area (Å²) in [6.45, 7) is 3.73. The van der Waals surface area contributed by atoms with Gasteiger partial charge in [0, 0.05) is 6.08 Å². The third kappa shape index (κ3) is 6.62. The van der Waals surface area contributed by atoms with Crippen LogP contribution in [0.5, 0.6) is 0 Å². The Kier molecular flexibility index (Phi) is 4.87. The zero-order valence-corrected chi connectivity index (χ0v) is 6.68. The van der Waals surface area contributed by atoms with E-state index in [0.29, 0.717) is 0 Å². The summed E-state index contributed by atoms with van der Waals surface area (Å²) in [5, 5.41) is 0. The molecule has 0 saturated carbocycles. The van der Waals surface area contributed by atoms with E-state index in [9.17, 15) is 4.79 Å². The second-order valence-electron chi connectivity index (χ2n) is 2.18. The maximum atomic E-state index is 10.7. The number of hydrogen-bond donors (Lipinski definition) is 1. The zero-order chi connectivity index (χ0) is 8.69. The highest BCUT2D eigenvalue weighted by molar-refractivity contribution is 5.87. The van der Waals surface area contributed by atoms with Gasteiger partial charge in [-0.05, 0) is 13.8 Å². The minimum atomic E-state index is -0.291. The van der Waals surface area contributed by atoms with E-state index in [0.717, 1.165) is 5.57 Å². The summed E-state index contributed by atoms with van der Waals surface area (Å²) < 4.78 is 0. The molecule has 1 N–H and O–H groups in total. The Balaban J connectivity index is 3.56. The SMILES string of the molecule is C#CCONC(=O)C=C(C)C. The fourth-order valence-electron chi connectivity index (χ4n) is 0.441. The molecular weight excluding hydrogens is 142 g/mol. The van der Waals surface area contributed by atoms with E-state index in [1.807, 2.05) is 13.8 Å². The minimum Gasteiger partial charge on any atom is -0.268 e. The molecule has 0 aromatic carbocycles. The molecule has 3 nitrogen and oxygen atoms in total. The lowest BCUT2D eigenvalue weighted by molar-refractivity contribution is -0.127. The molecule has 0 aromatic rings. The van der Waals surface area contributed by atoms with Gasteiger partial charge in [-0.25, -0.2) is 5.48 Å². The molecule has 0 fully saturated rings. The summed E-state index contributed by atoms with van der Waals surface area (Å²) in [6.07, 6.45) is 6.30. The molecule has 0 aliphatic heterocycles. The van der Waals surface area contributed by atoms with Crippen molar-refractivity contribution in [1.82, 2.24) is 5.48 Å². The van der Waals surface area contributed by atoms with Crippen LogP contribution < -0.4 is 5.48 Å². The molecule has 0 aliphatic carbocycles. The Morgan fingerprint density at radius 2 is 2.36 bits per heavy atom. The fraction of sp³-hybridized carbons (Fsp3) is 0.375. The average Bonchev–Trinajstić information content (AvgIpc) is 1.86. The minimum absolute atomic E-state index is 0.0857. The van der Waals surface area contributed by atoms with Gasteiger partial charge in [-0.3, -0.25) is 9.63 Å². The van der Waals surface area contributed by atoms with Crippen LogP contribution in [0.2, 0.25) is 0 Å². The van der Waals surface area contributed by atoms with E-state index in [-0.39, 0.29) is 12.5 Å². The van der Waals surface area contributed by atoms with Crippen molar-refractivity contribution in [2.75, 3.05) is 6.61 Å². The predicted molar refractivity (Wildman–Crippen MR) is 42.4 cm³/mol. The van der Waals surface area contributed by atoms with Crippen molar-refractivity contribution in [3.05, 3.63) is 11.6 Å². The molecule has 0 saturated heterocycles. The van der Waals surface area contributed by atoms with E-state index >= 15 is 0 Å². The van der Waals surface area contributed by atoms with Gasteiger partial charge >= 0.3 is 0 Å². The van der Waals surface area contributed by atoms with Crippen molar-refractivity contribution in [2.24, 2.45) is 0 Å². The molecule has 0 aromatic heterocycles. The Bertz CT molecular complexity index is 197. The Hall–Kier alpha value is -1.27. The number of hydrogen-bond acceptors (Lipinski definition) is 2. The maximum absolute atomic E-state index is 10.7. The van der Waals surface area contributed by atoms with Crippen LogP contribution in [-0.2, 0) is 9.63 Å². The van der Waals surface area contributed by atoms with Crippen molar-refractivity contribution in [3.8, 4) is 12.3 Å². The smallest absolute Gasteiger partial charge is 0.267 e. The zero-order valence-electron chi connectivity index (χ0n) is 6.68. The van der Waals surface area contributed by atoms with Crippen molar-refractivity contribution >= 4 is 5.91 Å². The summed E-state index contributed by atoms with van der Waals surface area (Å²) in [6, 6.07) is 0. The van der Waals surface area contributed by atoms with Crippen LogP contribution in [0.4, 0.5) is 0 Å². The number of allylic oxidation sites excluding steroid dienone is 1. The lowest BCUT2D eigenvalue weighted by Gasteiger charge is -1.98. The normalized spacial score (nSPS) is 8.09. The second-order valence-corrected chi connectivity index (χ2v) is 2.18. The molecule has 1 amide bonds. The van der Waals surface area contributed by atoms with Gasteiger partial charge in [-0.1, -0.05) is 11.5 Å². The molecule has 0 aliphatic rings. The van der Waals surface area contributed by atoms with Gasteiger partial charge in [-0.2, -0.15) is 0 Å². The van der Waals surface area contributed by atoms with E-state index in [1.165, 1.54) is 6.08 Å². The molecule has 0 heterocycles. The van der Waals surface area contributed by atoms with E-state index < -0.39 is 0 Å². The summed E-state index contributed by atoms with van der Waals surface area (Å²) in [5.41, 5.74) is 3.07. The molecule has 0 radical (unpaired) electrons. The van der Waals surface area contributed by atoms with Crippen molar-refractivity contribution in [3.63, 3.8) is 0 Å². The lowest BCUT2D eigenvalue weighted by Crippen LogP contribution is -2.21. The highest BCUT2D eigenvalue weighted by Crippen LogP contribution is 1.86. The monoisotopic (exact) mass is 153 g/mol. The summed E-state index contributed by atoms with van der Waals surface area (Å²) >= 11 is 0. The standard InChI is InChI=1S/C8H11NO2/c1-4-5-11-9-8(10)6-7(2)3/h1,6H,5H2,2-3H3,(H,9,10). The highest BCUT2D eigenvalue weighted by Gasteiger charge is 1.92. The first kappa shape index (κ1) is 9.73. The van der Waals surface area contributed by atoms with Gasteiger partial charge in [0.15, 0.2) is 0 Å². The van der Waals surface area contributed by atoms with E-state index in [4.69, 9.17) is 6.42 Å². The highest BCUT2D eigenvalue weighted by atomic mass is 16.6. The van der Waals surface area contributed by atoms with Crippen molar-refractivity contribution < 1.29 is 9.63 Å². The molecule has 0 atom stereocenters. The first-order chi connectivity index (χ1) is 5.16. The summed E-state index contributed by atoms with van der Waals surface area (Å²) in [4.78, 5) is 15.3. The molecule has 3 heteroatoms. The number of hydroxylamine groups is 1. The van der Waals surface area contributed by atoms with E-state index in [2.05, 4.69) is 16.2 Å². The van der Waals surface area contributed by atoms with Crippen LogP contribution in [0.25, 0.3) is 0 Å². The molecule has 11 heavy (non-hydrogen) atoms. The average molecular weight is 153 g/mol. The third-order valence-corrected chi connectivity index (χ3v) is 0.748. The summed E-state index contributed by atoms with van der Waals surface area (Å²) in [5.74, 6) is 1.93. The first-order valence-electron chi connectivity index (χ1n) is 3.17. The van der Waals surface area contributed by atoms with Crippen molar-refractivity contribution in [2.45, 2.75) is 13.8 Å². The van der Waals surface area contributed by atoms with Crippen LogP contribution in [0.1, 0.15) is 13.8 Å². The third-order valence-electron chi connectivity index (χ3n) is 0.748. The quantitative estimate of drug-likeness (QED) is 0.279. The number of amides is 1. The number of carbonyl (C=O) groups is 1. The van der Waals surface area contributed by atoms with Gasteiger partial charge < -0.3 is 0 Å². The molecule has 0 spiro atoms. The Morgan fingerprint density at radius 3 is 2.82 bits per heavy atom. The molecule has 0 rings (SSSR count). The number of carbonyl (C=O) groups excluding carboxylic acids is 1. The van der Waals surface area contributed by atoms with Crippen LogP contribution in [0.15, 0.2) is 11.6 Å². The van der Waals surface area contributed by atoms with Gasteiger partial charge in [0.1, 0.15) is 6.61 Å². The summed E-state index contributed by atoms with van der Waals surface area (Å²) in [7, 11) is 0. The second kappa shape index (κ2) is 5.51. The number of nitrogens with one attached hydrogen (secondary N) is 1. The first-order valence-corrected chi connectivity index (χ1v) is 3.17. The van der Waals surface area contributed by atoms with E-state index in [1.54, 1.807) is 0 Å². The van der Waals surface area contributed by atoms with Crippen LogP contribution in [0.3, 0.4) is 0 Å². The van der Waals surface area contributed by atoms with Gasteiger partial charge in [-0.15, -0.1) is 6.42 Å². The fourth-order valence-corrected chi connectivity index (χ4v) is 0.441. The Morgan fingerprint density at radius 1 is 1.73 bits per heavy atom. The van der Waals surface area contributed by atoms with Crippen LogP contribution >= 0.6 is 0 Å². The van der Waals surface area contributed by atoms with Gasteiger partial charge in [0.2, 0.25) is 0 Å². The van der Waals surface area contributed by atoms with Gasteiger partial charge in [0.05, 0.1) is 0 Å². The van der Waals surface area contributed by atoms with Gasteiger partial charge in [0.25, 0.3) is 5.91 Å². The molecule has 0 bridgehead atoms. The molecular formula is C8H11NO2.